The Hall–Kier alpha value is -1.43. The molecule has 17 heavy (non-hydrogen) atoms. The molecule has 3 nitrogen and oxygen atoms in total. The Labute approximate surface area is 96.3 Å². The summed E-state index contributed by atoms with van der Waals surface area (Å²) in [5, 5.41) is 0. The third kappa shape index (κ3) is 2.63. The Morgan fingerprint density at radius 2 is 2.12 bits per heavy atom. The Balaban J connectivity index is 2.30. The van der Waals surface area contributed by atoms with Crippen molar-refractivity contribution in [3.8, 4) is 5.75 Å². The SMILES string of the molecule is Nc1cccc(C(F)(F)F)c1O[C@@H]1CCOC1. The fraction of sp³-hybridized carbons (Fsp3) is 0.455. The predicted molar refractivity (Wildman–Crippen MR) is 55.7 cm³/mol. The van der Waals surface area contributed by atoms with Crippen molar-refractivity contribution in [2.75, 3.05) is 18.9 Å². The van der Waals surface area contributed by atoms with Crippen molar-refractivity contribution < 1.29 is 22.6 Å². The van der Waals surface area contributed by atoms with Crippen LogP contribution in [0.4, 0.5) is 18.9 Å². The fourth-order valence-corrected chi connectivity index (χ4v) is 1.68. The monoisotopic (exact) mass is 247 g/mol. The van der Waals surface area contributed by atoms with E-state index in [1.807, 2.05) is 0 Å². The molecule has 0 unspecified atom stereocenters. The molecule has 2 rings (SSSR count). The molecule has 2 N–H and O–H groups in total. The van der Waals surface area contributed by atoms with Crippen LogP contribution in [0.5, 0.6) is 5.75 Å². The van der Waals surface area contributed by atoms with Crippen molar-refractivity contribution in [1.29, 1.82) is 0 Å². The first kappa shape index (κ1) is 12.0. The summed E-state index contributed by atoms with van der Waals surface area (Å²) < 4.78 is 48.5. The van der Waals surface area contributed by atoms with Crippen LogP contribution >= 0.6 is 0 Å². The van der Waals surface area contributed by atoms with Crippen LogP contribution in [0.1, 0.15) is 12.0 Å². The van der Waals surface area contributed by atoms with E-state index in [-0.39, 0.29) is 17.5 Å². The van der Waals surface area contributed by atoms with Gasteiger partial charge in [-0.1, -0.05) is 6.07 Å². The van der Waals surface area contributed by atoms with Gasteiger partial charge in [-0.25, -0.2) is 0 Å². The molecular weight excluding hydrogens is 235 g/mol. The van der Waals surface area contributed by atoms with E-state index in [2.05, 4.69) is 0 Å². The van der Waals surface area contributed by atoms with Gasteiger partial charge in [0.1, 0.15) is 6.10 Å². The van der Waals surface area contributed by atoms with Gasteiger partial charge in [0.2, 0.25) is 0 Å². The number of para-hydroxylation sites is 1. The summed E-state index contributed by atoms with van der Waals surface area (Å²) >= 11 is 0. The van der Waals surface area contributed by atoms with Gasteiger partial charge in [-0.3, -0.25) is 0 Å². The van der Waals surface area contributed by atoms with Crippen LogP contribution in [0.3, 0.4) is 0 Å². The molecule has 1 atom stereocenters. The maximum absolute atomic E-state index is 12.7. The lowest BCUT2D eigenvalue weighted by Crippen LogP contribution is -2.19. The molecule has 1 aromatic carbocycles. The van der Waals surface area contributed by atoms with Crippen LogP contribution in [0.25, 0.3) is 0 Å². The van der Waals surface area contributed by atoms with Crippen LogP contribution in [-0.4, -0.2) is 19.3 Å². The first-order valence-electron chi connectivity index (χ1n) is 5.18. The first-order valence-corrected chi connectivity index (χ1v) is 5.18. The smallest absolute Gasteiger partial charge is 0.420 e. The lowest BCUT2D eigenvalue weighted by atomic mass is 10.1. The Bertz CT molecular complexity index is 400. The topological polar surface area (TPSA) is 44.5 Å². The second-order valence-corrected chi connectivity index (χ2v) is 3.83. The number of anilines is 1. The molecular formula is C11H12F3NO2. The van der Waals surface area contributed by atoms with E-state index in [1.165, 1.54) is 12.1 Å². The lowest BCUT2D eigenvalue weighted by molar-refractivity contribution is -0.139. The van der Waals surface area contributed by atoms with Crippen LogP contribution in [0.15, 0.2) is 18.2 Å². The highest BCUT2D eigenvalue weighted by atomic mass is 19.4. The number of hydrogen-bond acceptors (Lipinski definition) is 3. The van der Waals surface area contributed by atoms with Gasteiger partial charge >= 0.3 is 6.18 Å². The van der Waals surface area contributed by atoms with E-state index in [1.54, 1.807) is 0 Å². The second kappa shape index (κ2) is 4.44. The van der Waals surface area contributed by atoms with Crippen LogP contribution in [0, 0.1) is 0 Å². The zero-order valence-electron chi connectivity index (χ0n) is 8.96. The average molecular weight is 247 g/mol. The highest BCUT2D eigenvalue weighted by molar-refractivity contribution is 5.57. The van der Waals surface area contributed by atoms with Gasteiger partial charge in [-0.05, 0) is 12.1 Å². The van der Waals surface area contributed by atoms with Crippen molar-refractivity contribution >= 4 is 5.69 Å². The standard InChI is InChI=1S/C11H12F3NO2/c12-11(13,14)8-2-1-3-9(15)10(8)17-7-4-5-16-6-7/h1-3,7H,4-6,15H2/t7-/m1/s1. The Morgan fingerprint density at radius 3 is 2.71 bits per heavy atom. The third-order valence-corrected chi connectivity index (χ3v) is 2.52. The molecule has 0 saturated carbocycles. The Kier molecular flexibility index (Phi) is 3.15. The molecule has 0 amide bonds. The van der Waals surface area contributed by atoms with Crippen molar-refractivity contribution in [2.24, 2.45) is 0 Å². The molecule has 1 fully saturated rings. The quantitative estimate of drug-likeness (QED) is 0.816. The molecule has 1 aliphatic rings. The second-order valence-electron chi connectivity index (χ2n) is 3.83. The average Bonchev–Trinajstić information content (AvgIpc) is 2.72. The maximum Gasteiger partial charge on any atom is 0.420 e. The molecule has 94 valence electrons. The molecule has 1 saturated heterocycles. The summed E-state index contributed by atoms with van der Waals surface area (Å²) in [6.45, 7) is 0.796. The highest BCUT2D eigenvalue weighted by Gasteiger charge is 2.36. The van der Waals surface area contributed by atoms with Crippen molar-refractivity contribution in [2.45, 2.75) is 18.7 Å². The summed E-state index contributed by atoms with van der Waals surface area (Å²) in [5.41, 5.74) is 4.68. The summed E-state index contributed by atoms with van der Waals surface area (Å²) in [7, 11) is 0. The summed E-state index contributed by atoms with van der Waals surface area (Å²) in [5.74, 6) is -0.296. The van der Waals surface area contributed by atoms with E-state index < -0.39 is 11.7 Å². The van der Waals surface area contributed by atoms with Crippen LogP contribution in [0.2, 0.25) is 0 Å². The summed E-state index contributed by atoms with van der Waals surface area (Å²) in [6.07, 6.45) is -4.25. The fourth-order valence-electron chi connectivity index (χ4n) is 1.68. The molecule has 0 spiro atoms. The highest BCUT2D eigenvalue weighted by Crippen LogP contribution is 2.40. The third-order valence-electron chi connectivity index (χ3n) is 2.52. The molecule has 6 heteroatoms. The van der Waals surface area contributed by atoms with Crippen molar-refractivity contribution in [1.82, 2.24) is 0 Å². The van der Waals surface area contributed by atoms with Crippen molar-refractivity contribution in [3.05, 3.63) is 23.8 Å². The van der Waals surface area contributed by atoms with E-state index >= 15 is 0 Å². The van der Waals surface area contributed by atoms with Gasteiger partial charge in [0.05, 0.1) is 24.5 Å². The van der Waals surface area contributed by atoms with E-state index in [0.29, 0.717) is 19.6 Å². The van der Waals surface area contributed by atoms with E-state index in [4.69, 9.17) is 15.2 Å². The summed E-state index contributed by atoms with van der Waals surface area (Å²) in [4.78, 5) is 0. The molecule has 0 aliphatic carbocycles. The minimum atomic E-state index is -4.47. The number of rotatable bonds is 2. The predicted octanol–water partition coefficient (Wildman–Crippen LogP) is 2.46. The number of alkyl halides is 3. The Morgan fingerprint density at radius 1 is 1.35 bits per heavy atom. The normalized spacial score (nSPS) is 20.5. The van der Waals surface area contributed by atoms with Gasteiger partial charge in [-0.15, -0.1) is 0 Å². The van der Waals surface area contributed by atoms with E-state index in [9.17, 15) is 13.2 Å². The van der Waals surface area contributed by atoms with Crippen LogP contribution < -0.4 is 10.5 Å². The van der Waals surface area contributed by atoms with E-state index in [0.717, 1.165) is 6.07 Å². The van der Waals surface area contributed by atoms with Crippen molar-refractivity contribution in [3.63, 3.8) is 0 Å². The number of nitrogens with two attached hydrogens (primary N) is 1. The summed E-state index contributed by atoms with van der Waals surface area (Å²) in [6, 6.07) is 3.61. The molecule has 1 aliphatic heterocycles. The molecule has 0 bridgehead atoms. The number of hydrogen-bond donors (Lipinski definition) is 1. The molecule has 0 radical (unpaired) electrons. The largest absolute Gasteiger partial charge is 0.485 e. The zero-order chi connectivity index (χ0) is 12.5. The molecule has 1 heterocycles. The molecule has 1 aromatic rings. The van der Waals surface area contributed by atoms with Gasteiger partial charge < -0.3 is 15.2 Å². The van der Waals surface area contributed by atoms with Gasteiger partial charge in [0.25, 0.3) is 0 Å². The number of ether oxygens (including phenoxy) is 2. The lowest BCUT2D eigenvalue weighted by Gasteiger charge is -2.18. The van der Waals surface area contributed by atoms with Gasteiger partial charge in [0, 0.05) is 6.42 Å². The zero-order valence-corrected chi connectivity index (χ0v) is 8.96. The van der Waals surface area contributed by atoms with Crippen LogP contribution in [-0.2, 0) is 10.9 Å². The number of benzene rings is 1. The minimum Gasteiger partial charge on any atom is -0.485 e. The first-order chi connectivity index (χ1) is 7.98. The molecule has 0 aromatic heterocycles. The number of halogens is 3. The number of nitrogen functional groups attached to an aromatic ring is 1. The van der Waals surface area contributed by atoms with Gasteiger partial charge in [0.15, 0.2) is 5.75 Å². The maximum atomic E-state index is 12.7. The van der Waals surface area contributed by atoms with Gasteiger partial charge in [-0.2, -0.15) is 13.2 Å². The minimum absolute atomic E-state index is 0.00766.